The van der Waals surface area contributed by atoms with Gasteiger partial charge in [-0.2, -0.15) is 11.8 Å². The topological polar surface area (TPSA) is 98.2 Å². The van der Waals surface area contributed by atoms with Crippen LogP contribution < -0.4 is 10.1 Å². The molecule has 1 unspecified atom stereocenters. The molecule has 2 aromatic rings. The Labute approximate surface area is 208 Å². The van der Waals surface area contributed by atoms with E-state index in [-0.39, 0.29) is 41.1 Å². The number of alkyl halides is 2. The Morgan fingerprint density at radius 1 is 1.14 bits per heavy atom. The number of carbonyl (C=O) groups is 1. The highest BCUT2D eigenvalue weighted by Crippen LogP contribution is 2.39. The first-order valence-corrected chi connectivity index (χ1v) is 14.6. The van der Waals surface area contributed by atoms with Gasteiger partial charge in [0.15, 0.2) is 15.7 Å². The number of ether oxygens (including phenoxy) is 1. The van der Waals surface area contributed by atoms with E-state index in [0.717, 1.165) is 5.75 Å². The van der Waals surface area contributed by atoms with Crippen molar-refractivity contribution < 1.29 is 26.7 Å². The summed E-state index contributed by atoms with van der Waals surface area (Å²) in [4.78, 5) is 21.8. The van der Waals surface area contributed by atoms with E-state index in [0.29, 0.717) is 30.9 Å². The number of hydrogen-bond donors (Lipinski definition) is 1. The summed E-state index contributed by atoms with van der Waals surface area (Å²) in [5, 5.41) is 2.39. The number of hydrogen-bond acceptors (Lipinski definition) is 7. The molecule has 1 heterocycles. The summed E-state index contributed by atoms with van der Waals surface area (Å²) in [6, 6.07) is 6.24. The molecule has 2 saturated carbocycles. The first-order valence-electron chi connectivity index (χ1n) is 11.6. The van der Waals surface area contributed by atoms with Crippen molar-refractivity contribution in [1.29, 1.82) is 0 Å². The molecule has 7 nitrogen and oxygen atoms in total. The highest BCUT2D eigenvalue weighted by molar-refractivity contribution is 7.98. The van der Waals surface area contributed by atoms with Gasteiger partial charge < -0.3 is 10.1 Å². The minimum Gasteiger partial charge on any atom is -0.476 e. The van der Waals surface area contributed by atoms with Crippen LogP contribution in [-0.4, -0.2) is 60.5 Å². The maximum absolute atomic E-state index is 13.8. The molecule has 35 heavy (non-hydrogen) atoms. The second-order valence-electron chi connectivity index (χ2n) is 9.04. The minimum absolute atomic E-state index is 0.0565. The molecule has 1 aromatic carbocycles. The third-order valence-electron chi connectivity index (χ3n) is 6.39. The van der Waals surface area contributed by atoms with Gasteiger partial charge in [-0.25, -0.2) is 27.2 Å². The second kappa shape index (κ2) is 11.2. The molecule has 2 fully saturated rings. The lowest BCUT2D eigenvalue weighted by Gasteiger charge is -2.20. The summed E-state index contributed by atoms with van der Waals surface area (Å²) in [5.74, 6) is -0.0500. The van der Waals surface area contributed by atoms with Crippen molar-refractivity contribution in [1.82, 2.24) is 9.97 Å². The summed E-state index contributed by atoms with van der Waals surface area (Å²) in [6.45, 7) is 0.489. The third-order valence-corrected chi connectivity index (χ3v) is 9.24. The fourth-order valence-corrected chi connectivity index (χ4v) is 6.21. The monoisotopic (exact) mass is 525 g/mol. The first kappa shape index (κ1) is 25.8. The lowest BCUT2D eigenvalue weighted by molar-refractivity contribution is -0.118. The Bertz CT molecular complexity index is 1100. The van der Waals surface area contributed by atoms with E-state index in [1.807, 2.05) is 6.26 Å². The maximum atomic E-state index is 13.8. The number of rotatable bonds is 11. The maximum Gasteiger partial charge on any atom is 0.233 e. The summed E-state index contributed by atoms with van der Waals surface area (Å²) >= 11 is 1.64. The summed E-state index contributed by atoms with van der Waals surface area (Å²) in [6.07, 6.45) is 3.39. The Balaban J connectivity index is 1.49. The van der Waals surface area contributed by atoms with Gasteiger partial charge in [0.05, 0.1) is 35.1 Å². The zero-order chi connectivity index (χ0) is 25.0. The van der Waals surface area contributed by atoms with Crippen LogP contribution in [0.2, 0.25) is 0 Å². The van der Waals surface area contributed by atoms with Crippen molar-refractivity contribution in [3.8, 4) is 5.88 Å². The molecule has 2 aliphatic rings. The van der Waals surface area contributed by atoms with E-state index in [4.69, 9.17) is 4.74 Å². The number of sulfone groups is 1. The van der Waals surface area contributed by atoms with Crippen LogP contribution in [0.4, 0.5) is 14.6 Å². The minimum atomic E-state index is -3.36. The Kier molecular flexibility index (Phi) is 8.26. The molecular weight excluding hydrogens is 496 g/mol. The van der Waals surface area contributed by atoms with Crippen LogP contribution in [-0.2, 0) is 14.6 Å². The average Bonchev–Trinajstić information content (AvgIpc) is 3.65. The Morgan fingerprint density at radius 3 is 2.40 bits per heavy atom. The zero-order valence-electron chi connectivity index (χ0n) is 19.4. The van der Waals surface area contributed by atoms with Gasteiger partial charge in [-0.05, 0) is 62.0 Å². The molecule has 0 radical (unpaired) electrons. The molecule has 0 aliphatic heterocycles. The van der Waals surface area contributed by atoms with Crippen molar-refractivity contribution >= 4 is 33.3 Å². The Morgan fingerprint density at radius 2 is 1.83 bits per heavy atom. The quantitative estimate of drug-likeness (QED) is 0.436. The highest BCUT2D eigenvalue weighted by atomic mass is 32.2. The standard InChI is InChI=1S/C24H29F2N3O4S2/c1-34-9-8-33-23-14-27-22(13-28-23)29-24(30)19(10-15-11-20(25)21(26)12-15)16-2-4-17(5-3-16)35(31,32)18-6-7-18/h2-5,13-15,18-21H,6-12H2,1H3,(H,27,29,30)/t15?,19-,20-,21+/m1/s1. The van der Waals surface area contributed by atoms with Gasteiger partial charge in [-0.3, -0.25) is 4.79 Å². The molecule has 4 atom stereocenters. The van der Waals surface area contributed by atoms with Gasteiger partial charge in [0.1, 0.15) is 12.3 Å². The number of anilines is 1. The van der Waals surface area contributed by atoms with Crippen LogP contribution in [0.15, 0.2) is 41.6 Å². The second-order valence-corrected chi connectivity index (χ2v) is 12.3. The van der Waals surface area contributed by atoms with E-state index < -0.39 is 34.0 Å². The molecule has 0 saturated heterocycles. The van der Waals surface area contributed by atoms with Crippen LogP contribution in [0.25, 0.3) is 0 Å². The van der Waals surface area contributed by atoms with Gasteiger partial charge >= 0.3 is 0 Å². The molecule has 4 rings (SSSR count). The SMILES string of the molecule is CSCCOc1cnc(NC(=O)[C@H](CC2C[C@@H](F)[C@@H](F)C2)c2ccc(S(=O)(=O)C3CC3)cc2)cn1. The lowest BCUT2D eigenvalue weighted by Crippen LogP contribution is -2.24. The number of carbonyl (C=O) groups excluding carboxylic acids is 1. The van der Waals surface area contributed by atoms with Crippen molar-refractivity contribution in [2.24, 2.45) is 5.92 Å². The van der Waals surface area contributed by atoms with Crippen molar-refractivity contribution in [2.75, 3.05) is 23.9 Å². The largest absolute Gasteiger partial charge is 0.476 e. The van der Waals surface area contributed by atoms with E-state index in [9.17, 15) is 22.0 Å². The van der Waals surface area contributed by atoms with Crippen LogP contribution >= 0.6 is 11.8 Å². The van der Waals surface area contributed by atoms with Gasteiger partial charge in [-0.1, -0.05) is 12.1 Å². The summed E-state index contributed by atoms with van der Waals surface area (Å²) in [5.41, 5.74) is 0.583. The highest BCUT2D eigenvalue weighted by Gasteiger charge is 2.38. The first-order chi connectivity index (χ1) is 16.8. The van der Waals surface area contributed by atoms with Crippen LogP contribution in [0.1, 0.15) is 43.6 Å². The van der Waals surface area contributed by atoms with Gasteiger partial charge in [0, 0.05) is 5.75 Å². The molecule has 1 amide bonds. The van der Waals surface area contributed by atoms with Crippen molar-refractivity contribution in [3.05, 3.63) is 42.2 Å². The van der Waals surface area contributed by atoms with E-state index in [1.165, 1.54) is 24.5 Å². The number of benzene rings is 1. The van der Waals surface area contributed by atoms with Crippen LogP contribution in [0, 0.1) is 5.92 Å². The van der Waals surface area contributed by atoms with E-state index in [2.05, 4.69) is 15.3 Å². The number of thioether (sulfide) groups is 1. The van der Waals surface area contributed by atoms with E-state index >= 15 is 0 Å². The van der Waals surface area contributed by atoms with E-state index in [1.54, 1.807) is 23.9 Å². The van der Waals surface area contributed by atoms with Crippen LogP contribution in [0.5, 0.6) is 5.88 Å². The molecule has 11 heteroatoms. The normalized spacial score (nSPS) is 23.1. The smallest absolute Gasteiger partial charge is 0.233 e. The number of nitrogens with zero attached hydrogens (tertiary/aromatic N) is 2. The van der Waals surface area contributed by atoms with Crippen LogP contribution in [0.3, 0.4) is 0 Å². The molecule has 0 spiro atoms. The van der Waals surface area contributed by atoms with Gasteiger partial charge in [0.25, 0.3) is 0 Å². The van der Waals surface area contributed by atoms with Gasteiger partial charge in [-0.15, -0.1) is 0 Å². The molecule has 2 aliphatic carbocycles. The molecule has 1 aromatic heterocycles. The van der Waals surface area contributed by atoms with Gasteiger partial charge in [0.2, 0.25) is 11.8 Å². The number of nitrogens with one attached hydrogen (secondary N) is 1. The fraction of sp³-hybridized carbons (Fsp3) is 0.542. The molecule has 1 N–H and O–H groups in total. The fourth-order valence-electron chi connectivity index (χ4n) is 4.31. The number of aromatic nitrogens is 2. The van der Waals surface area contributed by atoms with Crippen molar-refractivity contribution in [2.45, 2.75) is 60.5 Å². The predicted octanol–water partition coefficient (Wildman–Crippen LogP) is 4.35. The van der Waals surface area contributed by atoms with Crippen molar-refractivity contribution in [3.63, 3.8) is 0 Å². The Hall–Kier alpha value is -2.27. The average molecular weight is 526 g/mol. The number of amides is 1. The third kappa shape index (κ3) is 6.49. The summed E-state index contributed by atoms with van der Waals surface area (Å²) in [7, 11) is -3.36. The lowest BCUT2D eigenvalue weighted by atomic mass is 9.87. The number of halogens is 2. The molecular formula is C24H29F2N3O4S2. The predicted molar refractivity (Wildman–Crippen MR) is 131 cm³/mol. The summed E-state index contributed by atoms with van der Waals surface area (Å²) < 4.78 is 58.1. The zero-order valence-corrected chi connectivity index (χ0v) is 21.0. The molecule has 0 bridgehead atoms. The molecule has 190 valence electrons.